The van der Waals surface area contributed by atoms with Crippen LogP contribution < -0.4 is 0 Å². The third kappa shape index (κ3) is 4.23. The first-order chi connectivity index (χ1) is 19.9. The molecule has 1 aliphatic heterocycles. The number of Topliss-reactive ketones (excluding diaryl/α,β-unsaturated/α-hetero) is 1. The molecule has 0 aromatic heterocycles. The normalized spacial score (nSPS) is 53.0. The zero-order chi connectivity index (χ0) is 31.5. The summed E-state index contributed by atoms with van der Waals surface area (Å²) < 4.78 is 6.00. The first kappa shape index (κ1) is 32.1. The number of aliphatic hydroxyl groups is 5. The molecular formula is C36H58O7. The Morgan fingerprint density at radius 1 is 0.884 bits per heavy atom. The maximum atomic E-state index is 13.1. The van der Waals surface area contributed by atoms with Gasteiger partial charge in [-0.1, -0.05) is 60.1 Å². The molecule has 0 aromatic rings. The van der Waals surface area contributed by atoms with Crippen molar-refractivity contribution in [3.63, 3.8) is 0 Å². The largest absolute Gasteiger partial charge is 0.394 e. The molecule has 7 heteroatoms. The molecule has 1 heterocycles. The van der Waals surface area contributed by atoms with Gasteiger partial charge in [0.1, 0.15) is 36.3 Å². The van der Waals surface area contributed by atoms with E-state index < -0.39 is 48.6 Å². The summed E-state index contributed by atoms with van der Waals surface area (Å²) in [5.41, 5.74) is 0.861. The van der Waals surface area contributed by atoms with Gasteiger partial charge >= 0.3 is 0 Å². The minimum absolute atomic E-state index is 0.0494. The summed E-state index contributed by atoms with van der Waals surface area (Å²) in [5, 5.41) is 54.3. The standard InChI is InChI=1S/C36H58O7/c1-31(2)14-16-36(30(42)29-28(41)27(40)26(39)22(19-37)43-29)17-15-34(6)20(21(36)18-31)8-9-24-33(5)12-11-25(38)32(3,4)23(33)10-13-35(24,34)7/h8,21-24,26-30,37,39-42H,9-19H2,1-7H3/t21?,22?,23?,24?,26-,27?,28?,29-,30?,33+,34-,35-,36+/m1/s1. The molecule has 0 bridgehead atoms. The molecule has 6 aliphatic rings. The number of allylic oxidation sites excluding steroid dienone is 2. The molecule has 5 N–H and O–H groups in total. The SMILES string of the molecule is CC1(C)CC[C@]2(C(O)[C@@H]3OC(CO)[C@@H](O)C(O)C3O)CC[C@]3(C)C(=CCC4[C@@]5(C)CCC(=O)C(C)(C)C5CC[C@]43C)C2C1. The summed E-state index contributed by atoms with van der Waals surface area (Å²) in [4.78, 5) is 13.1. The molecule has 244 valence electrons. The van der Waals surface area contributed by atoms with Crippen molar-refractivity contribution in [3.05, 3.63) is 11.6 Å². The molecule has 0 aromatic carbocycles. The third-order valence-corrected chi connectivity index (χ3v) is 15.3. The van der Waals surface area contributed by atoms with Crippen LogP contribution in [0.25, 0.3) is 0 Å². The number of fused-ring (bicyclic) bond motifs is 7. The Morgan fingerprint density at radius 2 is 1.56 bits per heavy atom. The lowest BCUT2D eigenvalue weighted by atomic mass is 9.33. The predicted molar refractivity (Wildman–Crippen MR) is 164 cm³/mol. The van der Waals surface area contributed by atoms with Crippen molar-refractivity contribution in [2.45, 2.75) is 149 Å². The lowest BCUT2D eigenvalue weighted by Crippen LogP contribution is -2.68. The van der Waals surface area contributed by atoms with Gasteiger partial charge < -0.3 is 30.3 Å². The number of hydrogen-bond acceptors (Lipinski definition) is 7. The first-order valence-corrected chi connectivity index (χ1v) is 17.1. The van der Waals surface area contributed by atoms with Gasteiger partial charge in [0, 0.05) is 17.3 Å². The van der Waals surface area contributed by atoms with Gasteiger partial charge in [-0.05, 0) is 97.2 Å². The van der Waals surface area contributed by atoms with Crippen molar-refractivity contribution in [1.29, 1.82) is 0 Å². The van der Waals surface area contributed by atoms with Gasteiger partial charge in [-0.25, -0.2) is 0 Å². The van der Waals surface area contributed by atoms with Crippen LogP contribution in [0.15, 0.2) is 11.6 Å². The fraction of sp³-hybridized carbons (Fsp3) is 0.917. The molecule has 13 atom stereocenters. The number of hydrogen-bond donors (Lipinski definition) is 5. The van der Waals surface area contributed by atoms with E-state index in [4.69, 9.17) is 4.74 Å². The van der Waals surface area contributed by atoms with Gasteiger partial charge in [-0.15, -0.1) is 0 Å². The van der Waals surface area contributed by atoms with E-state index in [9.17, 15) is 30.3 Å². The van der Waals surface area contributed by atoms with E-state index in [0.717, 1.165) is 57.8 Å². The van der Waals surface area contributed by atoms with Gasteiger partial charge in [0.2, 0.25) is 0 Å². The predicted octanol–water partition coefficient (Wildman–Crippen LogP) is 4.56. The van der Waals surface area contributed by atoms with Crippen LogP contribution in [0.5, 0.6) is 0 Å². The van der Waals surface area contributed by atoms with Gasteiger partial charge in [0.05, 0.1) is 12.7 Å². The Morgan fingerprint density at radius 3 is 2.23 bits per heavy atom. The van der Waals surface area contributed by atoms with Crippen molar-refractivity contribution >= 4 is 5.78 Å². The van der Waals surface area contributed by atoms with Crippen LogP contribution in [0.3, 0.4) is 0 Å². The lowest BCUT2D eigenvalue weighted by Gasteiger charge is -2.71. The molecule has 5 aliphatic carbocycles. The van der Waals surface area contributed by atoms with E-state index in [1.807, 2.05) is 0 Å². The number of ether oxygens (including phenoxy) is 1. The van der Waals surface area contributed by atoms with Crippen LogP contribution in [0, 0.1) is 50.2 Å². The van der Waals surface area contributed by atoms with Crippen LogP contribution in [0.2, 0.25) is 0 Å². The molecule has 7 nitrogen and oxygen atoms in total. The van der Waals surface area contributed by atoms with Gasteiger partial charge in [-0.3, -0.25) is 4.79 Å². The van der Waals surface area contributed by atoms with Crippen molar-refractivity contribution in [2.24, 2.45) is 50.2 Å². The number of carbonyl (C=O) groups excluding carboxylic acids is 1. The highest BCUT2D eigenvalue weighted by molar-refractivity contribution is 5.85. The zero-order valence-corrected chi connectivity index (χ0v) is 27.6. The molecule has 5 fully saturated rings. The second-order valence-corrected chi connectivity index (χ2v) is 17.8. The number of ketones is 1. The summed E-state index contributed by atoms with van der Waals surface area (Å²) >= 11 is 0. The quantitative estimate of drug-likeness (QED) is 0.300. The van der Waals surface area contributed by atoms with E-state index in [1.165, 1.54) is 5.57 Å². The van der Waals surface area contributed by atoms with E-state index in [1.54, 1.807) is 0 Å². The minimum Gasteiger partial charge on any atom is -0.394 e. The summed E-state index contributed by atoms with van der Waals surface area (Å²) in [5.74, 6) is 1.40. The fourth-order valence-corrected chi connectivity index (χ4v) is 12.3. The highest BCUT2D eigenvalue weighted by Crippen LogP contribution is 2.76. The number of rotatable bonds is 3. The Hall–Kier alpha value is -0.830. The zero-order valence-electron chi connectivity index (χ0n) is 27.6. The van der Waals surface area contributed by atoms with Gasteiger partial charge in [0.15, 0.2) is 0 Å². The summed E-state index contributed by atoms with van der Waals surface area (Å²) in [6, 6.07) is 0. The Kier molecular flexibility index (Phi) is 7.53. The maximum Gasteiger partial charge on any atom is 0.138 e. The van der Waals surface area contributed by atoms with Crippen molar-refractivity contribution in [2.75, 3.05) is 6.61 Å². The Labute approximate surface area is 258 Å². The molecule has 1 saturated heterocycles. The monoisotopic (exact) mass is 602 g/mol. The van der Waals surface area contributed by atoms with Crippen LogP contribution in [-0.2, 0) is 9.53 Å². The summed E-state index contributed by atoms with van der Waals surface area (Å²) in [6.07, 6.45) is 4.19. The molecule has 0 spiro atoms. The smallest absolute Gasteiger partial charge is 0.138 e. The first-order valence-electron chi connectivity index (χ1n) is 17.1. The van der Waals surface area contributed by atoms with E-state index in [0.29, 0.717) is 24.0 Å². The summed E-state index contributed by atoms with van der Waals surface area (Å²) in [6.45, 7) is 16.0. The topological polar surface area (TPSA) is 127 Å². The highest BCUT2D eigenvalue weighted by Gasteiger charge is 2.69. The van der Waals surface area contributed by atoms with Crippen molar-refractivity contribution in [3.8, 4) is 0 Å². The lowest BCUT2D eigenvalue weighted by molar-refractivity contribution is -0.272. The van der Waals surface area contributed by atoms with Crippen molar-refractivity contribution < 1.29 is 35.1 Å². The fourth-order valence-electron chi connectivity index (χ4n) is 12.3. The molecule has 6 rings (SSSR count). The molecule has 0 radical (unpaired) electrons. The molecule has 7 unspecified atom stereocenters. The molecular weight excluding hydrogens is 544 g/mol. The average Bonchev–Trinajstić information content (AvgIpc) is 2.94. The van der Waals surface area contributed by atoms with Crippen LogP contribution in [-0.4, -0.2) is 74.5 Å². The number of carbonyl (C=O) groups is 1. The van der Waals surface area contributed by atoms with Crippen LogP contribution >= 0.6 is 0 Å². The molecule has 0 amide bonds. The van der Waals surface area contributed by atoms with Crippen LogP contribution in [0.1, 0.15) is 113 Å². The molecule has 4 saturated carbocycles. The van der Waals surface area contributed by atoms with Crippen molar-refractivity contribution in [1.82, 2.24) is 0 Å². The van der Waals surface area contributed by atoms with E-state index in [-0.39, 0.29) is 33.0 Å². The van der Waals surface area contributed by atoms with Crippen LogP contribution in [0.4, 0.5) is 0 Å². The van der Waals surface area contributed by atoms with Gasteiger partial charge in [0.25, 0.3) is 0 Å². The second kappa shape index (κ2) is 10.1. The second-order valence-electron chi connectivity index (χ2n) is 17.8. The average molecular weight is 603 g/mol. The highest BCUT2D eigenvalue weighted by atomic mass is 16.6. The van der Waals surface area contributed by atoms with E-state index in [2.05, 4.69) is 54.5 Å². The van der Waals surface area contributed by atoms with Gasteiger partial charge in [-0.2, -0.15) is 0 Å². The summed E-state index contributed by atoms with van der Waals surface area (Å²) in [7, 11) is 0. The third-order valence-electron chi connectivity index (χ3n) is 15.3. The van der Waals surface area contributed by atoms with E-state index >= 15 is 0 Å². The number of aliphatic hydroxyl groups excluding tert-OH is 5. The Balaban J connectivity index is 1.40. The molecule has 43 heavy (non-hydrogen) atoms. The Bertz CT molecular complexity index is 1160. The minimum atomic E-state index is -1.49. The maximum absolute atomic E-state index is 13.1.